The van der Waals surface area contributed by atoms with Crippen LogP contribution in [0, 0.1) is 5.82 Å². The van der Waals surface area contributed by atoms with Crippen LogP contribution in [0.3, 0.4) is 0 Å². The average molecular weight is 380 g/mol. The molecule has 1 N–H and O–H groups in total. The number of pyridine rings is 1. The summed E-state index contributed by atoms with van der Waals surface area (Å²) >= 11 is 0. The number of aromatic nitrogens is 1. The van der Waals surface area contributed by atoms with Gasteiger partial charge in [-0.3, -0.25) is 4.79 Å². The van der Waals surface area contributed by atoms with Gasteiger partial charge < -0.3 is 14.8 Å². The SMILES string of the molecule is CCOc1cc(CNC(=O)c2cccc(OCc3ccc(F)cc3)c2)ccn1. The summed E-state index contributed by atoms with van der Waals surface area (Å²) < 4.78 is 24.0. The van der Waals surface area contributed by atoms with Crippen molar-refractivity contribution in [2.75, 3.05) is 6.61 Å². The average Bonchev–Trinajstić information content (AvgIpc) is 2.72. The molecule has 28 heavy (non-hydrogen) atoms. The molecule has 0 saturated heterocycles. The topological polar surface area (TPSA) is 60.5 Å². The monoisotopic (exact) mass is 380 g/mol. The summed E-state index contributed by atoms with van der Waals surface area (Å²) in [6, 6.07) is 16.7. The number of nitrogens with zero attached hydrogens (tertiary/aromatic N) is 1. The lowest BCUT2D eigenvalue weighted by atomic mass is 10.2. The quantitative estimate of drug-likeness (QED) is 0.638. The van der Waals surface area contributed by atoms with Gasteiger partial charge in [0.2, 0.25) is 5.88 Å². The van der Waals surface area contributed by atoms with Crippen molar-refractivity contribution < 1.29 is 18.7 Å². The summed E-state index contributed by atoms with van der Waals surface area (Å²) in [5.74, 6) is 0.608. The minimum Gasteiger partial charge on any atom is -0.489 e. The molecule has 0 bridgehead atoms. The maximum atomic E-state index is 13.0. The van der Waals surface area contributed by atoms with Crippen molar-refractivity contribution in [3.05, 3.63) is 89.4 Å². The predicted octanol–water partition coefficient (Wildman–Crippen LogP) is 4.13. The van der Waals surface area contributed by atoms with E-state index in [-0.39, 0.29) is 11.7 Å². The third-order valence-corrected chi connectivity index (χ3v) is 3.96. The molecule has 1 heterocycles. The van der Waals surface area contributed by atoms with Crippen LogP contribution >= 0.6 is 0 Å². The fraction of sp³-hybridized carbons (Fsp3) is 0.182. The lowest BCUT2D eigenvalue weighted by Crippen LogP contribution is -2.22. The second-order valence-electron chi connectivity index (χ2n) is 6.06. The van der Waals surface area contributed by atoms with E-state index < -0.39 is 0 Å². The molecule has 1 aromatic heterocycles. The maximum absolute atomic E-state index is 13.0. The first-order valence-electron chi connectivity index (χ1n) is 8.97. The van der Waals surface area contributed by atoms with Gasteiger partial charge in [0, 0.05) is 24.4 Å². The van der Waals surface area contributed by atoms with Crippen LogP contribution in [-0.2, 0) is 13.2 Å². The van der Waals surface area contributed by atoms with Gasteiger partial charge in [0.25, 0.3) is 5.91 Å². The number of hydrogen-bond donors (Lipinski definition) is 1. The van der Waals surface area contributed by atoms with Crippen LogP contribution in [0.1, 0.15) is 28.4 Å². The Hall–Kier alpha value is -3.41. The molecular formula is C22H21FN2O3. The molecular weight excluding hydrogens is 359 g/mol. The molecule has 0 spiro atoms. The number of carbonyl (C=O) groups is 1. The van der Waals surface area contributed by atoms with Crippen LogP contribution < -0.4 is 14.8 Å². The van der Waals surface area contributed by atoms with Crippen molar-refractivity contribution in [3.8, 4) is 11.6 Å². The molecule has 3 rings (SSSR count). The molecule has 1 amide bonds. The molecule has 3 aromatic rings. The standard InChI is InChI=1S/C22H21FN2O3/c1-2-27-21-12-17(10-11-24-21)14-25-22(26)18-4-3-5-20(13-18)28-15-16-6-8-19(23)9-7-16/h3-13H,2,14-15H2,1H3,(H,25,26). The van der Waals surface area contributed by atoms with Crippen LogP contribution in [-0.4, -0.2) is 17.5 Å². The number of nitrogens with one attached hydrogen (secondary N) is 1. The summed E-state index contributed by atoms with van der Waals surface area (Å²) in [5.41, 5.74) is 2.24. The molecule has 2 aromatic carbocycles. The Morgan fingerprint density at radius 1 is 1.04 bits per heavy atom. The van der Waals surface area contributed by atoms with Gasteiger partial charge >= 0.3 is 0 Å². The van der Waals surface area contributed by atoms with Crippen molar-refractivity contribution in [1.29, 1.82) is 0 Å². The molecule has 0 aliphatic rings. The Morgan fingerprint density at radius 2 is 1.86 bits per heavy atom. The third-order valence-electron chi connectivity index (χ3n) is 3.96. The number of ether oxygens (including phenoxy) is 2. The number of halogens is 1. The van der Waals surface area contributed by atoms with Crippen molar-refractivity contribution >= 4 is 5.91 Å². The van der Waals surface area contributed by atoms with Gasteiger partial charge in [-0.25, -0.2) is 9.37 Å². The first-order valence-corrected chi connectivity index (χ1v) is 8.97. The van der Waals surface area contributed by atoms with E-state index in [4.69, 9.17) is 9.47 Å². The van der Waals surface area contributed by atoms with E-state index in [1.807, 2.05) is 13.0 Å². The fourth-order valence-corrected chi connectivity index (χ4v) is 2.55. The molecule has 5 nitrogen and oxygen atoms in total. The first kappa shape index (κ1) is 19.4. The largest absolute Gasteiger partial charge is 0.489 e. The van der Waals surface area contributed by atoms with Crippen LogP contribution in [0.5, 0.6) is 11.6 Å². The van der Waals surface area contributed by atoms with Crippen molar-refractivity contribution in [3.63, 3.8) is 0 Å². The van der Waals surface area contributed by atoms with E-state index in [1.54, 1.807) is 48.7 Å². The van der Waals surface area contributed by atoms with E-state index in [9.17, 15) is 9.18 Å². The number of benzene rings is 2. The predicted molar refractivity (Wildman–Crippen MR) is 104 cm³/mol. The molecule has 0 radical (unpaired) electrons. The summed E-state index contributed by atoms with van der Waals surface area (Å²) in [6.07, 6.45) is 1.65. The summed E-state index contributed by atoms with van der Waals surface area (Å²) in [6.45, 7) is 3.08. The van der Waals surface area contributed by atoms with Crippen LogP contribution in [0.15, 0.2) is 66.9 Å². The van der Waals surface area contributed by atoms with Gasteiger partial charge in [0.05, 0.1) is 6.61 Å². The molecule has 0 aliphatic carbocycles. The van der Waals surface area contributed by atoms with E-state index in [0.717, 1.165) is 11.1 Å². The van der Waals surface area contributed by atoms with Gasteiger partial charge in [-0.15, -0.1) is 0 Å². The zero-order chi connectivity index (χ0) is 19.8. The molecule has 144 valence electrons. The molecule has 0 saturated carbocycles. The smallest absolute Gasteiger partial charge is 0.251 e. The van der Waals surface area contributed by atoms with Crippen LogP contribution in [0.4, 0.5) is 4.39 Å². The molecule has 6 heteroatoms. The Labute approximate surface area is 163 Å². The third kappa shape index (κ3) is 5.54. The van der Waals surface area contributed by atoms with Crippen molar-refractivity contribution in [2.45, 2.75) is 20.1 Å². The zero-order valence-corrected chi connectivity index (χ0v) is 15.5. The second-order valence-corrected chi connectivity index (χ2v) is 6.06. The first-order chi connectivity index (χ1) is 13.6. The zero-order valence-electron chi connectivity index (χ0n) is 15.5. The minimum absolute atomic E-state index is 0.206. The van der Waals surface area contributed by atoms with Gasteiger partial charge in [-0.1, -0.05) is 18.2 Å². The molecule has 0 unspecified atom stereocenters. The van der Waals surface area contributed by atoms with E-state index >= 15 is 0 Å². The maximum Gasteiger partial charge on any atom is 0.251 e. The highest BCUT2D eigenvalue weighted by molar-refractivity contribution is 5.94. The highest BCUT2D eigenvalue weighted by atomic mass is 19.1. The Kier molecular flexibility index (Phi) is 6.57. The number of amides is 1. The van der Waals surface area contributed by atoms with Gasteiger partial charge in [0.15, 0.2) is 0 Å². The number of hydrogen-bond acceptors (Lipinski definition) is 4. The summed E-state index contributed by atoms with van der Waals surface area (Å²) in [4.78, 5) is 16.5. The lowest BCUT2D eigenvalue weighted by molar-refractivity contribution is 0.0950. The van der Waals surface area contributed by atoms with Gasteiger partial charge in [-0.2, -0.15) is 0 Å². The van der Waals surface area contributed by atoms with Crippen molar-refractivity contribution in [1.82, 2.24) is 10.3 Å². The lowest BCUT2D eigenvalue weighted by Gasteiger charge is -2.10. The van der Waals surface area contributed by atoms with Crippen molar-refractivity contribution in [2.24, 2.45) is 0 Å². The normalized spacial score (nSPS) is 10.4. The molecule has 0 fully saturated rings. The van der Waals surface area contributed by atoms with Crippen LogP contribution in [0.25, 0.3) is 0 Å². The second kappa shape index (κ2) is 9.50. The van der Waals surface area contributed by atoms with E-state index in [1.165, 1.54) is 12.1 Å². The summed E-state index contributed by atoms with van der Waals surface area (Å²) in [5, 5.41) is 2.87. The molecule has 0 atom stereocenters. The highest BCUT2D eigenvalue weighted by Gasteiger charge is 2.08. The highest BCUT2D eigenvalue weighted by Crippen LogP contribution is 2.16. The van der Waals surface area contributed by atoms with Gasteiger partial charge in [0.1, 0.15) is 18.2 Å². The fourth-order valence-electron chi connectivity index (χ4n) is 2.55. The van der Waals surface area contributed by atoms with E-state index in [0.29, 0.717) is 37.0 Å². The summed E-state index contributed by atoms with van der Waals surface area (Å²) in [7, 11) is 0. The Morgan fingerprint density at radius 3 is 2.64 bits per heavy atom. The number of rotatable bonds is 8. The Balaban J connectivity index is 1.57. The van der Waals surface area contributed by atoms with Gasteiger partial charge in [-0.05, 0) is 54.4 Å². The number of carbonyl (C=O) groups excluding carboxylic acids is 1. The molecule has 0 aliphatic heterocycles. The Bertz CT molecular complexity index is 929. The minimum atomic E-state index is -0.287. The van der Waals surface area contributed by atoms with Crippen LogP contribution in [0.2, 0.25) is 0 Å². The van der Waals surface area contributed by atoms with E-state index in [2.05, 4.69) is 10.3 Å².